The number of nitrogens with one attached hydrogen (secondary N) is 1. The SMILES string of the molecule is COc1ccc(-c2ccc(C[C@@H]3CN(C(=O)c4csc(C)c4)CCNC3=O)cc2)cc1. The van der Waals surface area contributed by atoms with Crippen molar-refractivity contribution in [1.29, 1.82) is 0 Å². The molecule has 5 nitrogen and oxygen atoms in total. The van der Waals surface area contributed by atoms with E-state index in [1.807, 2.05) is 42.6 Å². The third-order valence-corrected chi connectivity index (χ3v) is 6.48. The molecule has 0 aliphatic carbocycles. The predicted molar refractivity (Wildman–Crippen MR) is 124 cm³/mol. The van der Waals surface area contributed by atoms with Gasteiger partial charge in [0.15, 0.2) is 0 Å². The van der Waals surface area contributed by atoms with Crippen molar-refractivity contribution < 1.29 is 14.3 Å². The molecule has 0 bridgehead atoms. The fraction of sp³-hybridized carbons (Fsp3) is 0.280. The van der Waals surface area contributed by atoms with Gasteiger partial charge < -0.3 is 15.0 Å². The third kappa shape index (κ3) is 4.97. The molecule has 1 saturated heterocycles. The standard InChI is InChI=1S/C25H26N2O3S/c1-17-13-22(16-31-17)25(29)27-12-11-26-24(28)21(15-27)14-18-3-5-19(6-4-18)20-7-9-23(30-2)10-8-20/h3-10,13,16,21H,11-12,14-15H2,1-2H3,(H,26,28)/t21-/m1/s1. The topological polar surface area (TPSA) is 58.6 Å². The Bertz CT molecular complexity index is 1060. The molecule has 160 valence electrons. The Morgan fingerprint density at radius 1 is 1.13 bits per heavy atom. The summed E-state index contributed by atoms with van der Waals surface area (Å²) in [5.41, 5.74) is 4.02. The van der Waals surface area contributed by atoms with Gasteiger partial charge in [-0.2, -0.15) is 0 Å². The summed E-state index contributed by atoms with van der Waals surface area (Å²) in [7, 11) is 1.66. The first-order valence-electron chi connectivity index (χ1n) is 10.4. The van der Waals surface area contributed by atoms with Crippen molar-refractivity contribution >= 4 is 23.2 Å². The lowest BCUT2D eigenvalue weighted by Gasteiger charge is -2.23. The molecule has 4 rings (SSSR count). The molecule has 0 unspecified atom stereocenters. The quantitative estimate of drug-likeness (QED) is 0.656. The molecule has 6 heteroatoms. The zero-order chi connectivity index (χ0) is 21.8. The molecule has 3 aromatic rings. The third-order valence-electron chi connectivity index (χ3n) is 5.62. The van der Waals surface area contributed by atoms with E-state index in [0.29, 0.717) is 31.6 Å². The van der Waals surface area contributed by atoms with Gasteiger partial charge in [0.25, 0.3) is 5.91 Å². The Kier molecular flexibility index (Phi) is 6.37. The van der Waals surface area contributed by atoms with Crippen LogP contribution in [0, 0.1) is 12.8 Å². The van der Waals surface area contributed by atoms with Crippen molar-refractivity contribution in [3.05, 3.63) is 76.0 Å². The average Bonchev–Trinajstić information content (AvgIpc) is 3.15. The Hall–Kier alpha value is -3.12. The second-order valence-electron chi connectivity index (χ2n) is 7.81. The molecule has 1 N–H and O–H groups in total. The van der Waals surface area contributed by atoms with Gasteiger partial charge in [0.2, 0.25) is 5.91 Å². The highest BCUT2D eigenvalue weighted by atomic mass is 32.1. The monoisotopic (exact) mass is 434 g/mol. The summed E-state index contributed by atoms with van der Waals surface area (Å²) in [5, 5.41) is 4.86. The van der Waals surface area contributed by atoms with Crippen LogP contribution in [0.5, 0.6) is 5.75 Å². The first-order valence-corrected chi connectivity index (χ1v) is 11.3. The number of amides is 2. The van der Waals surface area contributed by atoms with Gasteiger partial charge >= 0.3 is 0 Å². The van der Waals surface area contributed by atoms with Gasteiger partial charge in [-0.15, -0.1) is 11.3 Å². The fourth-order valence-corrected chi connectivity index (χ4v) is 4.56. The van der Waals surface area contributed by atoms with E-state index in [9.17, 15) is 9.59 Å². The summed E-state index contributed by atoms with van der Waals surface area (Å²) in [5.74, 6) is 0.575. The number of nitrogens with zero attached hydrogens (tertiary/aromatic N) is 1. The zero-order valence-corrected chi connectivity index (χ0v) is 18.6. The van der Waals surface area contributed by atoms with E-state index in [-0.39, 0.29) is 17.7 Å². The molecule has 1 aliphatic rings. The fourth-order valence-electron chi connectivity index (χ4n) is 3.88. The summed E-state index contributed by atoms with van der Waals surface area (Å²) < 4.78 is 5.22. The average molecular weight is 435 g/mol. The summed E-state index contributed by atoms with van der Waals surface area (Å²) >= 11 is 1.57. The normalized spacial score (nSPS) is 16.5. The minimum Gasteiger partial charge on any atom is -0.497 e. The molecular weight excluding hydrogens is 408 g/mol. The molecule has 2 amide bonds. The lowest BCUT2D eigenvalue weighted by Crippen LogP contribution is -2.37. The largest absolute Gasteiger partial charge is 0.497 e. The van der Waals surface area contributed by atoms with Gasteiger partial charge in [-0.3, -0.25) is 9.59 Å². The van der Waals surface area contributed by atoms with Crippen molar-refractivity contribution in [3.63, 3.8) is 0 Å². The van der Waals surface area contributed by atoms with Crippen LogP contribution >= 0.6 is 11.3 Å². The Morgan fingerprint density at radius 2 is 1.81 bits per heavy atom. The number of hydrogen-bond acceptors (Lipinski definition) is 4. The lowest BCUT2D eigenvalue weighted by molar-refractivity contribution is -0.124. The van der Waals surface area contributed by atoms with Crippen LogP contribution in [0.2, 0.25) is 0 Å². The van der Waals surface area contributed by atoms with E-state index in [2.05, 4.69) is 29.6 Å². The highest BCUT2D eigenvalue weighted by molar-refractivity contribution is 7.10. The van der Waals surface area contributed by atoms with Crippen LogP contribution in [0.1, 0.15) is 20.8 Å². The molecule has 2 heterocycles. The minimum absolute atomic E-state index is 0.000652. The molecule has 0 spiro atoms. The van der Waals surface area contributed by atoms with Gasteiger partial charge in [0.1, 0.15) is 5.75 Å². The van der Waals surface area contributed by atoms with Gasteiger partial charge in [0.05, 0.1) is 18.6 Å². The maximum atomic E-state index is 12.9. The molecule has 0 radical (unpaired) electrons. The molecule has 2 aromatic carbocycles. The van der Waals surface area contributed by atoms with Gasteiger partial charge in [-0.1, -0.05) is 36.4 Å². The highest BCUT2D eigenvalue weighted by Crippen LogP contribution is 2.24. The van der Waals surface area contributed by atoms with Crippen LogP contribution < -0.4 is 10.1 Å². The second kappa shape index (κ2) is 9.35. The predicted octanol–water partition coefficient (Wildman–Crippen LogP) is 4.16. The number of benzene rings is 2. The number of thiophene rings is 1. The van der Waals surface area contributed by atoms with E-state index >= 15 is 0 Å². The van der Waals surface area contributed by atoms with Crippen LogP contribution in [0.3, 0.4) is 0 Å². The molecule has 1 fully saturated rings. The summed E-state index contributed by atoms with van der Waals surface area (Å²) in [6.07, 6.45) is 0.598. The number of hydrogen-bond donors (Lipinski definition) is 1. The molecule has 0 saturated carbocycles. The number of methoxy groups -OCH3 is 1. The van der Waals surface area contributed by atoms with Crippen LogP contribution in [0.15, 0.2) is 60.0 Å². The van der Waals surface area contributed by atoms with Crippen molar-refractivity contribution in [3.8, 4) is 16.9 Å². The van der Waals surface area contributed by atoms with Crippen molar-refractivity contribution in [2.24, 2.45) is 5.92 Å². The number of ether oxygens (including phenoxy) is 1. The van der Waals surface area contributed by atoms with Gasteiger partial charge in [-0.25, -0.2) is 0 Å². The molecule has 31 heavy (non-hydrogen) atoms. The summed E-state index contributed by atoms with van der Waals surface area (Å²) in [6, 6.07) is 18.1. The zero-order valence-electron chi connectivity index (χ0n) is 17.8. The lowest BCUT2D eigenvalue weighted by atomic mass is 9.96. The van der Waals surface area contributed by atoms with Crippen molar-refractivity contribution in [1.82, 2.24) is 10.2 Å². The minimum atomic E-state index is -0.266. The summed E-state index contributed by atoms with van der Waals surface area (Å²) in [6.45, 7) is 3.44. The van der Waals surface area contributed by atoms with Crippen LogP contribution in [-0.2, 0) is 11.2 Å². The molecular formula is C25H26N2O3S. The van der Waals surface area contributed by atoms with Crippen LogP contribution in [0.4, 0.5) is 0 Å². The number of rotatable bonds is 5. The van der Waals surface area contributed by atoms with Crippen LogP contribution in [-0.4, -0.2) is 43.5 Å². The highest BCUT2D eigenvalue weighted by Gasteiger charge is 2.28. The van der Waals surface area contributed by atoms with Gasteiger partial charge in [-0.05, 0) is 48.2 Å². The second-order valence-corrected chi connectivity index (χ2v) is 8.93. The number of aryl methyl sites for hydroxylation is 1. The van der Waals surface area contributed by atoms with E-state index in [4.69, 9.17) is 4.74 Å². The van der Waals surface area contributed by atoms with Crippen molar-refractivity contribution in [2.75, 3.05) is 26.7 Å². The smallest absolute Gasteiger partial charge is 0.254 e. The molecule has 1 aromatic heterocycles. The van der Waals surface area contributed by atoms with Crippen molar-refractivity contribution in [2.45, 2.75) is 13.3 Å². The number of carbonyl (C=O) groups excluding carboxylic acids is 2. The summed E-state index contributed by atoms with van der Waals surface area (Å²) in [4.78, 5) is 28.4. The molecule has 1 aliphatic heterocycles. The van der Waals surface area contributed by atoms with E-state index < -0.39 is 0 Å². The maximum absolute atomic E-state index is 12.9. The Labute approximate surface area is 186 Å². The molecule has 1 atom stereocenters. The van der Waals surface area contributed by atoms with E-state index in [1.54, 1.807) is 23.3 Å². The maximum Gasteiger partial charge on any atom is 0.254 e. The Balaban J connectivity index is 1.46. The first-order chi connectivity index (χ1) is 15.0. The first kappa shape index (κ1) is 21.1. The van der Waals surface area contributed by atoms with Gasteiger partial charge in [0, 0.05) is 29.9 Å². The number of carbonyl (C=O) groups is 2. The Morgan fingerprint density at radius 3 is 2.42 bits per heavy atom. The van der Waals surface area contributed by atoms with Crippen LogP contribution in [0.25, 0.3) is 11.1 Å². The van der Waals surface area contributed by atoms with E-state index in [1.165, 1.54) is 0 Å². The van der Waals surface area contributed by atoms with E-state index in [0.717, 1.165) is 27.3 Å².